The van der Waals surface area contributed by atoms with Crippen molar-refractivity contribution in [3.63, 3.8) is 0 Å². The van der Waals surface area contributed by atoms with E-state index in [0.29, 0.717) is 11.6 Å². The highest BCUT2D eigenvalue weighted by molar-refractivity contribution is 8.00. The molecule has 24 heavy (non-hydrogen) atoms. The Morgan fingerprint density at radius 1 is 1.42 bits per heavy atom. The number of nitrogens with one attached hydrogen (secondary N) is 1. The van der Waals surface area contributed by atoms with E-state index in [2.05, 4.69) is 22.4 Å². The lowest BCUT2D eigenvalue weighted by Crippen LogP contribution is -2.16. The molecular weight excluding hydrogens is 350 g/mol. The normalized spacial score (nSPS) is 10.6. The Kier molecular flexibility index (Phi) is 7.26. The second kappa shape index (κ2) is 9.43. The molecule has 2 rings (SSSR count). The molecule has 0 aliphatic carbocycles. The van der Waals surface area contributed by atoms with Gasteiger partial charge in [0.2, 0.25) is 5.91 Å². The molecule has 0 spiro atoms. The molecule has 1 amide bonds. The largest absolute Gasteiger partial charge is 0.459 e. The third kappa shape index (κ3) is 6.32. The van der Waals surface area contributed by atoms with Crippen molar-refractivity contribution in [2.75, 3.05) is 16.8 Å². The van der Waals surface area contributed by atoms with E-state index in [4.69, 9.17) is 9.26 Å². The van der Waals surface area contributed by atoms with Gasteiger partial charge in [-0.15, -0.1) is 23.1 Å². The van der Waals surface area contributed by atoms with Crippen LogP contribution in [0.25, 0.3) is 0 Å². The van der Waals surface area contributed by atoms with Crippen LogP contribution in [0.5, 0.6) is 0 Å². The van der Waals surface area contributed by atoms with E-state index in [-0.39, 0.29) is 30.0 Å². The summed E-state index contributed by atoms with van der Waals surface area (Å²) in [5.74, 6) is 0.618. The van der Waals surface area contributed by atoms with E-state index < -0.39 is 0 Å². The van der Waals surface area contributed by atoms with E-state index in [1.54, 1.807) is 24.3 Å². The molecule has 9 heteroatoms. The van der Waals surface area contributed by atoms with Crippen molar-refractivity contribution in [2.24, 2.45) is 0 Å². The van der Waals surface area contributed by atoms with Gasteiger partial charge in [-0.2, -0.15) is 0 Å². The predicted octanol–water partition coefficient (Wildman–Crippen LogP) is 2.81. The van der Waals surface area contributed by atoms with Crippen LogP contribution in [-0.2, 0) is 27.4 Å². The monoisotopic (exact) mass is 369 g/mol. The molecule has 7 nitrogen and oxygen atoms in total. The number of aromatic nitrogens is 2. The van der Waals surface area contributed by atoms with Crippen LogP contribution in [0.15, 0.2) is 16.0 Å². The maximum absolute atomic E-state index is 11.7. The summed E-state index contributed by atoms with van der Waals surface area (Å²) >= 11 is 2.76. The molecule has 0 saturated carbocycles. The van der Waals surface area contributed by atoms with Crippen LogP contribution < -0.4 is 5.32 Å². The number of hydrogen-bond donors (Lipinski definition) is 1. The highest BCUT2D eigenvalue weighted by atomic mass is 32.2. The van der Waals surface area contributed by atoms with Crippen molar-refractivity contribution in [2.45, 2.75) is 33.3 Å². The Balaban J connectivity index is 1.61. The Labute approximate surface area is 148 Å². The maximum Gasteiger partial charge on any atom is 0.316 e. The highest BCUT2D eigenvalue weighted by Crippen LogP contribution is 2.13. The Morgan fingerprint density at radius 2 is 2.25 bits per heavy atom. The summed E-state index contributed by atoms with van der Waals surface area (Å²) in [7, 11) is 0. The third-order valence-electron chi connectivity index (χ3n) is 2.79. The molecule has 0 saturated heterocycles. The summed E-state index contributed by atoms with van der Waals surface area (Å²) in [5, 5.41) is 9.20. The number of thiazole rings is 1. The second-order valence-electron chi connectivity index (χ2n) is 5.01. The van der Waals surface area contributed by atoms with E-state index in [1.165, 1.54) is 11.8 Å². The summed E-state index contributed by atoms with van der Waals surface area (Å²) in [5.41, 5.74) is 0.765. The molecule has 0 atom stereocenters. The van der Waals surface area contributed by atoms with Crippen molar-refractivity contribution in [1.29, 1.82) is 0 Å². The van der Waals surface area contributed by atoms with E-state index in [0.717, 1.165) is 23.5 Å². The lowest BCUT2D eigenvalue weighted by molar-refractivity contribution is -0.141. The molecule has 1 N–H and O–H groups in total. The van der Waals surface area contributed by atoms with Gasteiger partial charge in [0.15, 0.2) is 5.82 Å². The number of rotatable bonds is 9. The first-order valence-corrected chi connectivity index (χ1v) is 9.50. The molecule has 130 valence electrons. The molecule has 0 unspecified atom stereocenters. The molecule has 0 bridgehead atoms. The quantitative estimate of drug-likeness (QED) is 0.679. The molecule has 2 aromatic heterocycles. The lowest BCUT2D eigenvalue weighted by atomic mass is 10.3. The summed E-state index contributed by atoms with van der Waals surface area (Å²) in [6, 6.07) is 1.62. The smallest absolute Gasteiger partial charge is 0.316 e. The zero-order valence-corrected chi connectivity index (χ0v) is 15.2. The predicted molar refractivity (Wildman–Crippen MR) is 93.1 cm³/mol. The van der Waals surface area contributed by atoms with Crippen LogP contribution in [0.3, 0.4) is 0 Å². The molecule has 0 aliphatic rings. The first kappa shape index (κ1) is 18.5. The average molecular weight is 369 g/mol. The van der Waals surface area contributed by atoms with Gasteiger partial charge in [0.25, 0.3) is 0 Å². The number of ether oxygens (including phenoxy) is 1. The minimum absolute atomic E-state index is 0.108. The number of nitrogens with zero attached hydrogens (tertiary/aromatic N) is 2. The second-order valence-corrected chi connectivity index (χ2v) is 6.94. The van der Waals surface area contributed by atoms with Crippen molar-refractivity contribution >= 4 is 40.8 Å². The summed E-state index contributed by atoms with van der Waals surface area (Å²) in [4.78, 5) is 27.7. The van der Waals surface area contributed by atoms with Gasteiger partial charge in [-0.05, 0) is 19.8 Å². The van der Waals surface area contributed by atoms with Crippen molar-refractivity contribution < 1.29 is 18.8 Å². The van der Waals surface area contributed by atoms with Crippen molar-refractivity contribution in [3.05, 3.63) is 27.9 Å². The fourth-order valence-corrected chi connectivity index (χ4v) is 3.27. The fourth-order valence-electron chi connectivity index (χ4n) is 1.77. The van der Waals surface area contributed by atoms with Gasteiger partial charge in [0.05, 0.1) is 22.2 Å². The molecule has 0 aliphatic heterocycles. The number of carbonyl (C=O) groups is 2. The van der Waals surface area contributed by atoms with Gasteiger partial charge < -0.3 is 14.6 Å². The molecule has 2 aromatic rings. The zero-order chi connectivity index (χ0) is 17.4. The average Bonchev–Trinajstić information content (AvgIpc) is 3.15. The van der Waals surface area contributed by atoms with Gasteiger partial charge in [-0.1, -0.05) is 12.1 Å². The molecule has 0 fully saturated rings. The Morgan fingerprint density at radius 3 is 2.96 bits per heavy atom. The number of esters is 1. The first-order chi connectivity index (χ1) is 11.6. The van der Waals surface area contributed by atoms with Gasteiger partial charge in [-0.3, -0.25) is 9.59 Å². The zero-order valence-electron chi connectivity index (χ0n) is 13.5. The Bertz CT molecular complexity index is 684. The van der Waals surface area contributed by atoms with Crippen LogP contribution in [0.2, 0.25) is 0 Å². The third-order valence-corrected chi connectivity index (χ3v) is 4.66. The number of thioether (sulfide) groups is 1. The molecular formula is C15H19N3O4S2. The highest BCUT2D eigenvalue weighted by Gasteiger charge is 2.10. The minimum Gasteiger partial charge on any atom is -0.459 e. The van der Waals surface area contributed by atoms with Crippen LogP contribution in [0, 0.1) is 6.92 Å². The van der Waals surface area contributed by atoms with Gasteiger partial charge >= 0.3 is 5.97 Å². The number of amides is 1. The summed E-state index contributed by atoms with van der Waals surface area (Å²) in [6.45, 7) is 4.00. The van der Waals surface area contributed by atoms with Crippen LogP contribution >= 0.6 is 23.1 Å². The molecule has 0 aromatic carbocycles. The Hall–Kier alpha value is -1.87. The van der Waals surface area contributed by atoms with Crippen molar-refractivity contribution in [3.8, 4) is 0 Å². The van der Waals surface area contributed by atoms with Crippen LogP contribution in [-0.4, -0.2) is 33.5 Å². The molecule has 2 heterocycles. The van der Waals surface area contributed by atoms with E-state index >= 15 is 0 Å². The number of aryl methyl sites for hydroxylation is 2. The van der Waals surface area contributed by atoms with Crippen LogP contribution in [0.4, 0.5) is 5.82 Å². The van der Waals surface area contributed by atoms with Crippen molar-refractivity contribution in [1.82, 2.24) is 10.1 Å². The van der Waals surface area contributed by atoms with E-state index in [1.807, 2.05) is 5.38 Å². The number of hydrogen-bond acceptors (Lipinski definition) is 8. The summed E-state index contributed by atoms with van der Waals surface area (Å²) in [6.07, 6.45) is 1.98. The van der Waals surface area contributed by atoms with Crippen LogP contribution in [0.1, 0.15) is 29.8 Å². The maximum atomic E-state index is 11.7. The summed E-state index contributed by atoms with van der Waals surface area (Å²) < 4.78 is 10.00. The van der Waals surface area contributed by atoms with Gasteiger partial charge in [-0.25, -0.2) is 4.98 Å². The number of carbonyl (C=O) groups excluding carboxylic acids is 2. The fraction of sp³-hybridized carbons (Fsp3) is 0.467. The SMILES string of the molecule is CCCc1nc(COC(=O)CSCC(=O)Nc2cc(C)on2)cs1. The van der Waals surface area contributed by atoms with Gasteiger partial charge in [0, 0.05) is 11.4 Å². The standard InChI is InChI=1S/C15H19N3O4S2/c1-3-4-14-16-11(7-24-14)6-21-15(20)9-23-8-13(19)17-12-5-10(2)22-18-12/h5,7H,3-4,6,8-9H2,1-2H3,(H,17,18,19). The number of anilines is 1. The van der Waals surface area contributed by atoms with E-state index in [9.17, 15) is 9.59 Å². The first-order valence-electron chi connectivity index (χ1n) is 7.46. The minimum atomic E-state index is -0.366. The molecule has 0 radical (unpaired) electrons. The topological polar surface area (TPSA) is 94.3 Å². The van der Waals surface area contributed by atoms with Gasteiger partial charge in [0.1, 0.15) is 12.4 Å². The lowest BCUT2D eigenvalue weighted by Gasteiger charge is -2.03.